The van der Waals surface area contributed by atoms with Crippen LogP contribution in [0, 0.1) is 5.92 Å². The van der Waals surface area contributed by atoms with E-state index in [2.05, 4.69) is 32.0 Å². The second-order valence-electron chi connectivity index (χ2n) is 5.23. The van der Waals surface area contributed by atoms with Gasteiger partial charge in [-0.25, -0.2) is 0 Å². The van der Waals surface area contributed by atoms with E-state index in [9.17, 15) is 4.79 Å². The predicted molar refractivity (Wildman–Crippen MR) is 81.4 cm³/mol. The maximum Gasteiger partial charge on any atom is 0.227 e. The summed E-state index contributed by atoms with van der Waals surface area (Å²) in [5.74, 6) is 0.588. The molecule has 2 rings (SSSR count). The molecule has 0 aliphatic heterocycles. The lowest BCUT2D eigenvalue weighted by molar-refractivity contribution is -0.119. The van der Waals surface area contributed by atoms with Crippen LogP contribution in [-0.4, -0.2) is 12.5 Å². The van der Waals surface area contributed by atoms with E-state index in [0.29, 0.717) is 18.9 Å². The second-order valence-corrected chi connectivity index (χ2v) is 5.23. The van der Waals surface area contributed by atoms with E-state index in [-0.39, 0.29) is 5.91 Å². The maximum absolute atomic E-state index is 12.4. The Labute approximate surface area is 115 Å². The summed E-state index contributed by atoms with van der Waals surface area (Å²) in [6.45, 7) is 6.89. The zero-order chi connectivity index (χ0) is 13.8. The van der Waals surface area contributed by atoms with E-state index in [1.54, 1.807) is 0 Å². The Kier molecular flexibility index (Phi) is 4.20. The lowest BCUT2D eigenvalue weighted by Crippen LogP contribution is -2.31. The van der Waals surface area contributed by atoms with Crippen molar-refractivity contribution >= 4 is 22.4 Å². The van der Waals surface area contributed by atoms with Gasteiger partial charge >= 0.3 is 0 Å². The number of nitrogens with zero attached hydrogens (tertiary/aromatic N) is 1. The third kappa shape index (κ3) is 2.95. The van der Waals surface area contributed by atoms with Crippen molar-refractivity contribution in [2.75, 3.05) is 11.4 Å². The van der Waals surface area contributed by atoms with Gasteiger partial charge in [0.05, 0.1) is 5.69 Å². The van der Waals surface area contributed by atoms with Crippen LogP contribution in [0.15, 0.2) is 42.5 Å². The van der Waals surface area contributed by atoms with Crippen LogP contribution < -0.4 is 4.90 Å². The largest absolute Gasteiger partial charge is 0.312 e. The minimum atomic E-state index is 0.203. The Balaban J connectivity index is 2.43. The quantitative estimate of drug-likeness (QED) is 0.800. The maximum atomic E-state index is 12.4. The van der Waals surface area contributed by atoms with Gasteiger partial charge in [0.25, 0.3) is 0 Å². The van der Waals surface area contributed by atoms with Gasteiger partial charge in [0, 0.05) is 18.4 Å². The van der Waals surface area contributed by atoms with Gasteiger partial charge in [0.1, 0.15) is 0 Å². The molecule has 2 nitrogen and oxygen atoms in total. The minimum absolute atomic E-state index is 0.203. The number of benzene rings is 2. The summed E-state index contributed by atoms with van der Waals surface area (Å²) in [6, 6.07) is 14.3. The van der Waals surface area contributed by atoms with E-state index in [1.165, 1.54) is 5.39 Å². The molecule has 0 heterocycles. The number of carbonyl (C=O) groups is 1. The van der Waals surface area contributed by atoms with Crippen molar-refractivity contribution in [2.24, 2.45) is 5.92 Å². The van der Waals surface area contributed by atoms with Gasteiger partial charge in [0.2, 0.25) is 5.91 Å². The van der Waals surface area contributed by atoms with Crippen molar-refractivity contribution in [1.82, 2.24) is 0 Å². The van der Waals surface area contributed by atoms with E-state index in [1.807, 2.05) is 36.1 Å². The highest BCUT2D eigenvalue weighted by atomic mass is 16.2. The van der Waals surface area contributed by atoms with Crippen molar-refractivity contribution in [3.63, 3.8) is 0 Å². The Morgan fingerprint density at radius 2 is 1.79 bits per heavy atom. The molecule has 0 fully saturated rings. The van der Waals surface area contributed by atoms with E-state index >= 15 is 0 Å². The van der Waals surface area contributed by atoms with Crippen molar-refractivity contribution in [2.45, 2.75) is 27.2 Å². The van der Waals surface area contributed by atoms with Crippen LogP contribution in [0.4, 0.5) is 5.69 Å². The normalized spacial score (nSPS) is 10.9. The lowest BCUT2D eigenvalue weighted by Gasteiger charge is -2.23. The molecule has 0 N–H and O–H groups in total. The molecule has 0 saturated heterocycles. The zero-order valence-electron chi connectivity index (χ0n) is 11.9. The van der Waals surface area contributed by atoms with Crippen LogP contribution in [0.2, 0.25) is 0 Å². The Hall–Kier alpha value is -1.83. The summed E-state index contributed by atoms with van der Waals surface area (Å²) in [7, 11) is 0. The number of anilines is 1. The molecular weight excluding hydrogens is 234 g/mol. The first-order valence-corrected chi connectivity index (χ1v) is 6.91. The van der Waals surface area contributed by atoms with Crippen LogP contribution >= 0.6 is 0 Å². The molecule has 0 atom stereocenters. The van der Waals surface area contributed by atoms with Gasteiger partial charge < -0.3 is 4.90 Å². The molecule has 0 radical (unpaired) electrons. The molecule has 2 heteroatoms. The van der Waals surface area contributed by atoms with Gasteiger partial charge in [-0.05, 0) is 24.3 Å². The first-order chi connectivity index (χ1) is 9.13. The molecule has 2 aromatic rings. The topological polar surface area (TPSA) is 20.3 Å². The Bertz CT molecular complexity index is 569. The fraction of sp³-hybridized carbons (Fsp3) is 0.353. The third-order valence-corrected chi connectivity index (χ3v) is 3.26. The molecule has 2 aromatic carbocycles. The number of hydrogen-bond donors (Lipinski definition) is 0. The molecular formula is C17H21NO. The first kappa shape index (κ1) is 13.6. The van der Waals surface area contributed by atoms with Gasteiger partial charge in [-0.3, -0.25) is 4.79 Å². The number of fused-ring (bicyclic) bond motifs is 1. The summed E-state index contributed by atoms with van der Waals surface area (Å²) < 4.78 is 0. The molecule has 0 aliphatic rings. The van der Waals surface area contributed by atoms with E-state index < -0.39 is 0 Å². The Morgan fingerprint density at radius 1 is 1.11 bits per heavy atom. The molecule has 0 aliphatic carbocycles. The standard InChI is InChI=1S/C17H21NO/c1-4-18(17(19)12-13(2)3)16-11-7-9-14-8-5-6-10-15(14)16/h5-11,13H,4,12H2,1-3H3. The summed E-state index contributed by atoms with van der Waals surface area (Å²) >= 11 is 0. The summed E-state index contributed by atoms with van der Waals surface area (Å²) in [6.07, 6.45) is 0.594. The van der Waals surface area contributed by atoms with E-state index in [0.717, 1.165) is 11.1 Å². The van der Waals surface area contributed by atoms with Crippen LogP contribution in [0.3, 0.4) is 0 Å². The van der Waals surface area contributed by atoms with Gasteiger partial charge in [-0.15, -0.1) is 0 Å². The minimum Gasteiger partial charge on any atom is -0.312 e. The lowest BCUT2D eigenvalue weighted by atomic mass is 10.1. The number of carbonyl (C=O) groups excluding carboxylic acids is 1. The fourth-order valence-corrected chi connectivity index (χ4v) is 2.38. The van der Waals surface area contributed by atoms with Crippen LogP contribution in [-0.2, 0) is 4.79 Å². The second kappa shape index (κ2) is 5.87. The van der Waals surface area contributed by atoms with Crippen LogP contribution in [0.25, 0.3) is 10.8 Å². The predicted octanol–water partition coefficient (Wildman–Crippen LogP) is 4.24. The van der Waals surface area contributed by atoms with Crippen molar-refractivity contribution in [3.05, 3.63) is 42.5 Å². The van der Waals surface area contributed by atoms with Gasteiger partial charge in [-0.2, -0.15) is 0 Å². The number of amides is 1. The highest BCUT2D eigenvalue weighted by molar-refractivity contribution is 6.03. The Morgan fingerprint density at radius 3 is 2.47 bits per heavy atom. The van der Waals surface area contributed by atoms with E-state index in [4.69, 9.17) is 0 Å². The molecule has 0 aromatic heterocycles. The molecule has 19 heavy (non-hydrogen) atoms. The SMILES string of the molecule is CCN(C(=O)CC(C)C)c1cccc2ccccc12. The van der Waals surface area contributed by atoms with Crippen molar-refractivity contribution < 1.29 is 4.79 Å². The summed E-state index contributed by atoms with van der Waals surface area (Å²) in [4.78, 5) is 14.2. The molecule has 1 amide bonds. The molecule has 0 unspecified atom stereocenters. The molecule has 0 spiro atoms. The highest BCUT2D eigenvalue weighted by Gasteiger charge is 2.16. The third-order valence-electron chi connectivity index (χ3n) is 3.26. The van der Waals surface area contributed by atoms with Crippen molar-refractivity contribution in [3.8, 4) is 0 Å². The smallest absolute Gasteiger partial charge is 0.227 e. The number of hydrogen-bond acceptors (Lipinski definition) is 1. The van der Waals surface area contributed by atoms with Crippen LogP contribution in [0.1, 0.15) is 27.2 Å². The molecule has 0 saturated carbocycles. The summed E-state index contributed by atoms with van der Waals surface area (Å²) in [5.41, 5.74) is 1.02. The first-order valence-electron chi connectivity index (χ1n) is 6.91. The average molecular weight is 255 g/mol. The molecule has 0 bridgehead atoms. The fourth-order valence-electron chi connectivity index (χ4n) is 2.38. The van der Waals surface area contributed by atoms with Gasteiger partial charge in [0.15, 0.2) is 0 Å². The molecule has 100 valence electrons. The monoisotopic (exact) mass is 255 g/mol. The summed E-state index contributed by atoms with van der Waals surface area (Å²) in [5, 5.41) is 2.32. The van der Waals surface area contributed by atoms with Gasteiger partial charge in [-0.1, -0.05) is 50.2 Å². The zero-order valence-corrected chi connectivity index (χ0v) is 11.9. The highest BCUT2D eigenvalue weighted by Crippen LogP contribution is 2.27. The van der Waals surface area contributed by atoms with Crippen LogP contribution in [0.5, 0.6) is 0 Å². The number of rotatable bonds is 4. The average Bonchev–Trinajstić information content (AvgIpc) is 2.39. The van der Waals surface area contributed by atoms with Crippen molar-refractivity contribution in [1.29, 1.82) is 0 Å².